The van der Waals surface area contributed by atoms with Crippen LogP contribution in [0.2, 0.25) is 39.3 Å². The third kappa shape index (κ3) is 13.8. The second kappa shape index (κ2) is 11.3. The molecule has 0 aliphatic rings. The maximum Gasteiger partial charge on any atom is 1.00 e. The minimum atomic E-state index is -1.11. The molecule has 1 aromatic rings. The van der Waals surface area contributed by atoms with E-state index in [1.807, 2.05) is 6.08 Å². The summed E-state index contributed by atoms with van der Waals surface area (Å²) in [6.45, 7) is 19.7. The Balaban J connectivity index is 0. The average Bonchev–Trinajstić information content (AvgIpc) is 2.24. The summed E-state index contributed by atoms with van der Waals surface area (Å²) in [6, 6.07) is 6.43. The molecule has 21 heavy (non-hydrogen) atoms. The summed E-state index contributed by atoms with van der Waals surface area (Å²) in [5.41, 5.74) is 2.61. The van der Waals surface area contributed by atoms with E-state index in [-0.39, 0.29) is 51.4 Å². The van der Waals surface area contributed by atoms with Crippen molar-refractivity contribution in [3.8, 4) is 0 Å². The van der Waals surface area contributed by atoms with Crippen molar-refractivity contribution < 1.29 is 51.4 Å². The normalized spacial score (nSPS) is 11.0. The molecule has 0 fully saturated rings. The molecule has 0 N–H and O–H groups in total. The first kappa shape index (κ1) is 25.0. The van der Waals surface area contributed by atoms with Gasteiger partial charge >= 0.3 is 51.4 Å². The molecule has 114 valence electrons. The number of hydrogen-bond donors (Lipinski definition) is 0. The maximum atomic E-state index is 4.82. The molecule has 0 spiro atoms. The fraction of sp³-hybridized carbons (Fsp3) is 0.500. The first-order valence-electron chi connectivity index (χ1n) is 7.13. The SMILES string of the molecule is C=Cc1ccc(CC)c(I)c1.C[Si](C)(C)[N-][Si](C)(C)C.[K+]. The van der Waals surface area contributed by atoms with E-state index >= 15 is 0 Å². The molecule has 5 heteroatoms. The maximum absolute atomic E-state index is 4.82. The van der Waals surface area contributed by atoms with Crippen molar-refractivity contribution in [2.75, 3.05) is 0 Å². The Bertz CT molecular complexity index is 425. The van der Waals surface area contributed by atoms with E-state index in [4.69, 9.17) is 4.65 Å². The Kier molecular flexibility index (Phi) is 13.4. The molecule has 0 amide bonds. The quantitative estimate of drug-likeness (QED) is 0.485. The number of nitrogens with zero attached hydrogens (tertiary/aromatic N) is 1. The molecule has 0 radical (unpaired) electrons. The summed E-state index contributed by atoms with van der Waals surface area (Å²) < 4.78 is 6.16. The van der Waals surface area contributed by atoms with Crippen LogP contribution >= 0.6 is 22.6 Å². The van der Waals surface area contributed by atoms with Gasteiger partial charge in [-0.3, -0.25) is 0 Å². The third-order valence-corrected chi connectivity index (χ3v) is 8.74. The summed E-state index contributed by atoms with van der Waals surface area (Å²) in [4.78, 5) is 0. The van der Waals surface area contributed by atoms with Crippen LogP contribution in [0.3, 0.4) is 0 Å². The summed E-state index contributed by atoms with van der Waals surface area (Å²) in [6.07, 6.45) is 2.98. The van der Waals surface area contributed by atoms with E-state index in [9.17, 15) is 0 Å². The largest absolute Gasteiger partial charge is 1.00 e. The standard InChI is InChI=1S/C10H11I.C6H18NSi2.K/c1-3-8-5-6-9(4-2)10(11)7-8;1-8(2,3)7-9(4,5)6;/h3,5-7H,1,4H2,2H3;1-6H3;/q;-1;+1. The second-order valence-electron chi connectivity index (χ2n) is 6.86. The van der Waals surface area contributed by atoms with Gasteiger partial charge in [-0.1, -0.05) is 87.5 Å². The van der Waals surface area contributed by atoms with Crippen LogP contribution in [0.25, 0.3) is 10.7 Å². The molecule has 0 bridgehead atoms. The smallest absolute Gasteiger partial charge is 0.668 e. The van der Waals surface area contributed by atoms with Gasteiger partial charge in [0.25, 0.3) is 0 Å². The number of benzene rings is 1. The Morgan fingerprint density at radius 2 is 1.57 bits per heavy atom. The van der Waals surface area contributed by atoms with Gasteiger partial charge in [0, 0.05) is 3.57 Å². The fourth-order valence-electron chi connectivity index (χ4n) is 1.98. The van der Waals surface area contributed by atoms with Crippen LogP contribution in [-0.2, 0) is 6.42 Å². The molecule has 0 aliphatic carbocycles. The van der Waals surface area contributed by atoms with Crippen molar-refractivity contribution in [2.45, 2.75) is 52.6 Å². The summed E-state index contributed by atoms with van der Waals surface area (Å²) in [5, 5.41) is 0. The number of rotatable bonds is 4. The Labute approximate surface area is 190 Å². The first-order chi connectivity index (χ1) is 8.98. The predicted molar refractivity (Wildman–Crippen MR) is 109 cm³/mol. The van der Waals surface area contributed by atoms with Crippen LogP contribution < -0.4 is 51.4 Å². The molecular formula is C16H29IKNSi2. The van der Waals surface area contributed by atoms with Gasteiger partial charge in [0.1, 0.15) is 0 Å². The molecule has 0 saturated heterocycles. The number of hydrogen-bond acceptors (Lipinski definition) is 0. The van der Waals surface area contributed by atoms with Crippen LogP contribution in [0.15, 0.2) is 24.8 Å². The molecule has 0 heterocycles. The van der Waals surface area contributed by atoms with E-state index in [0.29, 0.717) is 0 Å². The fourth-order valence-corrected chi connectivity index (χ4v) is 11.0. The van der Waals surface area contributed by atoms with Crippen molar-refractivity contribution in [2.24, 2.45) is 0 Å². The Morgan fingerprint density at radius 3 is 1.81 bits per heavy atom. The van der Waals surface area contributed by atoms with Crippen molar-refractivity contribution in [3.63, 3.8) is 0 Å². The Hall–Kier alpha value is 1.72. The molecular weight excluding hydrogens is 428 g/mol. The molecule has 0 unspecified atom stereocenters. The van der Waals surface area contributed by atoms with Crippen molar-refractivity contribution in [1.29, 1.82) is 0 Å². The van der Waals surface area contributed by atoms with Crippen molar-refractivity contribution >= 4 is 45.1 Å². The summed E-state index contributed by atoms with van der Waals surface area (Å²) in [7, 11) is -2.21. The van der Waals surface area contributed by atoms with Crippen LogP contribution in [-0.4, -0.2) is 16.5 Å². The molecule has 1 nitrogen and oxygen atoms in total. The molecule has 0 saturated carbocycles. The van der Waals surface area contributed by atoms with E-state index in [0.717, 1.165) is 6.42 Å². The van der Waals surface area contributed by atoms with Crippen molar-refractivity contribution in [1.82, 2.24) is 0 Å². The second-order valence-corrected chi connectivity index (χ2v) is 17.6. The molecule has 0 aromatic heterocycles. The predicted octanol–water partition coefficient (Wildman–Crippen LogP) is 3.53. The zero-order valence-corrected chi connectivity index (χ0v) is 22.3. The number of aryl methyl sites for hydroxylation is 1. The van der Waals surface area contributed by atoms with Crippen molar-refractivity contribution in [3.05, 3.63) is 44.1 Å². The summed E-state index contributed by atoms with van der Waals surface area (Å²) in [5.74, 6) is 0. The topological polar surface area (TPSA) is 14.1 Å². The van der Waals surface area contributed by atoms with Gasteiger partial charge in [0.2, 0.25) is 0 Å². The molecule has 1 rings (SSSR count). The van der Waals surface area contributed by atoms with E-state index in [2.05, 4.69) is 93.6 Å². The molecule has 1 aromatic carbocycles. The van der Waals surface area contributed by atoms with Gasteiger partial charge < -0.3 is 4.65 Å². The Morgan fingerprint density at radius 1 is 1.10 bits per heavy atom. The van der Waals surface area contributed by atoms with Gasteiger partial charge in [-0.15, -0.1) is 0 Å². The molecule has 0 aliphatic heterocycles. The van der Waals surface area contributed by atoms with Gasteiger partial charge in [-0.2, -0.15) is 0 Å². The van der Waals surface area contributed by atoms with Crippen LogP contribution in [0.1, 0.15) is 18.1 Å². The number of halogens is 1. The van der Waals surface area contributed by atoms with Gasteiger partial charge in [-0.05, 0) is 46.2 Å². The van der Waals surface area contributed by atoms with E-state index in [1.54, 1.807) is 0 Å². The monoisotopic (exact) mass is 457 g/mol. The van der Waals surface area contributed by atoms with E-state index in [1.165, 1.54) is 14.7 Å². The first-order valence-corrected chi connectivity index (χ1v) is 15.1. The zero-order valence-electron chi connectivity index (χ0n) is 15.0. The molecule has 0 atom stereocenters. The van der Waals surface area contributed by atoms with Crippen LogP contribution in [0, 0.1) is 3.57 Å². The van der Waals surface area contributed by atoms with Gasteiger partial charge in [0.05, 0.1) is 0 Å². The van der Waals surface area contributed by atoms with Crippen LogP contribution in [0.4, 0.5) is 0 Å². The van der Waals surface area contributed by atoms with Gasteiger partial charge in [-0.25, -0.2) is 0 Å². The van der Waals surface area contributed by atoms with E-state index < -0.39 is 16.5 Å². The minimum Gasteiger partial charge on any atom is -0.668 e. The average molecular weight is 458 g/mol. The van der Waals surface area contributed by atoms with Crippen LogP contribution in [0.5, 0.6) is 0 Å². The summed E-state index contributed by atoms with van der Waals surface area (Å²) >= 11 is 2.36. The zero-order chi connectivity index (χ0) is 16.0. The third-order valence-electron chi connectivity index (χ3n) is 2.36. The van der Waals surface area contributed by atoms with Gasteiger partial charge in [0.15, 0.2) is 0 Å². The minimum absolute atomic E-state index is 0.